The van der Waals surface area contributed by atoms with E-state index in [1.807, 2.05) is 12.1 Å². The van der Waals surface area contributed by atoms with Crippen molar-refractivity contribution in [1.29, 1.82) is 0 Å². The van der Waals surface area contributed by atoms with Gasteiger partial charge in [0.25, 0.3) is 0 Å². The number of rotatable bonds is 2. The second-order valence-corrected chi connectivity index (χ2v) is 5.35. The second-order valence-electron chi connectivity index (χ2n) is 4.43. The fourth-order valence-corrected chi connectivity index (χ4v) is 2.15. The summed E-state index contributed by atoms with van der Waals surface area (Å²) in [5.74, 6) is -0.0152. The first kappa shape index (κ1) is 10.7. The number of hydrogen-bond donors (Lipinski definition) is 1. The van der Waals surface area contributed by atoms with E-state index in [1.165, 1.54) is 18.4 Å². The molecule has 80 valence electrons. The van der Waals surface area contributed by atoms with Gasteiger partial charge in [-0.25, -0.2) is 0 Å². The van der Waals surface area contributed by atoms with Crippen LogP contribution in [0.4, 0.5) is 5.69 Å². The zero-order chi connectivity index (χ0) is 11.1. The number of carbonyl (C=O) groups excluding carboxylic acids is 1. The second kappa shape index (κ2) is 3.63. The number of halogens is 1. The smallest absolute Gasteiger partial charge is 0.221 e. The van der Waals surface area contributed by atoms with Crippen LogP contribution in [0.15, 0.2) is 22.7 Å². The van der Waals surface area contributed by atoms with E-state index < -0.39 is 0 Å². The van der Waals surface area contributed by atoms with Gasteiger partial charge in [-0.1, -0.05) is 28.9 Å². The molecule has 0 spiro atoms. The van der Waals surface area contributed by atoms with Gasteiger partial charge in [-0.05, 0) is 36.0 Å². The molecule has 1 aromatic rings. The van der Waals surface area contributed by atoms with Gasteiger partial charge in [-0.2, -0.15) is 0 Å². The molecule has 1 saturated carbocycles. The van der Waals surface area contributed by atoms with Gasteiger partial charge in [-0.3, -0.25) is 4.79 Å². The fraction of sp³-hybridized carbons (Fsp3) is 0.417. The Balaban J connectivity index is 2.40. The maximum absolute atomic E-state index is 11.1. The van der Waals surface area contributed by atoms with Crippen LogP contribution in [0.2, 0.25) is 0 Å². The first-order valence-electron chi connectivity index (χ1n) is 5.09. The van der Waals surface area contributed by atoms with Crippen molar-refractivity contribution in [2.45, 2.75) is 32.1 Å². The molecule has 0 radical (unpaired) electrons. The van der Waals surface area contributed by atoms with E-state index in [9.17, 15) is 4.79 Å². The van der Waals surface area contributed by atoms with Crippen molar-refractivity contribution in [2.75, 3.05) is 5.32 Å². The highest BCUT2D eigenvalue weighted by Gasteiger charge is 2.40. The van der Waals surface area contributed by atoms with Gasteiger partial charge in [0.1, 0.15) is 0 Å². The molecule has 1 N–H and O–H groups in total. The molecule has 15 heavy (non-hydrogen) atoms. The van der Waals surface area contributed by atoms with Crippen LogP contribution < -0.4 is 5.32 Å². The van der Waals surface area contributed by atoms with Crippen LogP contribution in [0.1, 0.15) is 32.3 Å². The topological polar surface area (TPSA) is 29.1 Å². The largest absolute Gasteiger partial charge is 0.326 e. The van der Waals surface area contributed by atoms with Gasteiger partial charge in [0, 0.05) is 17.1 Å². The Morgan fingerprint density at radius 1 is 1.47 bits per heavy atom. The molecule has 0 unspecified atom stereocenters. The van der Waals surface area contributed by atoms with Crippen molar-refractivity contribution in [3.63, 3.8) is 0 Å². The van der Waals surface area contributed by atoms with Crippen LogP contribution in [0.25, 0.3) is 0 Å². The average molecular weight is 268 g/mol. The molecule has 1 fully saturated rings. The summed E-state index contributed by atoms with van der Waals surface area (Å²) in [6.07, 6.45) is 2.42. The summed E-state index contributed by atoms with van der Waals surface area (Å²) in [5, 5.41) is 2.89. The number of hydrogen-bond acceptors (Lipinski definition) is 1. The van der Waals surface area contributed by atoms with E-state index in [1.54, 1.807) is 6.92 Å². The zero-order valence-corrected chi connectivity index (χ0v) is 10.5. The van der Waals surface area contributed by atoms with Crippen LogP contribution in [-0.2, 0) is 10.2 Å². The number of amides is 1. The van der Waals surface area contributed by atoms with Gasteiger partial charge in [0.15, 0.2) is 0 Å². The maximum atomic E-state index is 11.1. The molecule has 1 amide bonds. The predicted octanol–water partition coefficient (Wildman–Crippen LogP) is 3.46. The van der Waals surface area contributed by atoms with Crippen LogP contribution in [0.3, 0.4) is 0 Å². The zero-order valence-electron chi connectivity index (χ0n) is 8.93. The highest BCUT2D eigenvalue weighted by Crippen LogP contribution is 2.50. The molecule has 1 aliphatic rings. The average Bonchev–Trinajstić information content (AvgIpc) is 2.83. The van der Waals surface area contributed by atoms with E-state index in [-0.39, 0.29) is 11.3 Å². The Bertz CT molecular complexity index is 410. The van der Waals surface area contributed by atoms with Gasteiger partial charge in [-0.15, -0.1) is 0 Å². The molecule has 0 aromatic heterocycles. The fourth-order valence-electron chi connectivity index (χ4n) is 1.79. The summed E-state index contributed by atoms with van der Waals surface area (Å²) < 4.78 is 0.999. The Morgan fingerprint density at radius 2 is 2.13 bits per heavy atom. The van der Waals surface area contributed by atoms with Crippen LogP contribution in [-0.4, -0.2) is 5.91 Å². The summed E-state index contributed by atoms with van der Waals surface area (Å²) in [5.41, 5.74) is 2.47. The normalized spacial score (nSPS) is 17.3. The quantitative estimate of drug-likeness (QED) is 0.874. The number of benzene rings is 1. The van der Waals surface area contributed by atoms with Crippen molar-refractivity contribution in [3.8, 4) is 0 Å². The van der Waals surface area contributed by atoms with Crippen molar-refractivity contribution >= 4 is 27.5 Å². The van der Waals surface area contributed by atoms with Crippen LogP contribution in [0, 0.1) is 0 Å². The van der Waals surface area contributed by atoms with E-state index >= 15 is 0 Å². The van der Waals surface area contributed by atoms with Crippen molar-refractivity contribution in [3.05, 3.63) is 28.2 Å². The molecule has 0 aliphatic heterocycles. The Morgan fingerprint density at radius 3 is 2.67 bits per heavy atom. The highest BCUT2D eigenvalue weighted by molar-refractivity contribution is 9.10. The Labute approximate surface area is 98.2 Å². The number of nitrogens with one attached hydrogen (secondary N) is 1. The van der Waals surface area contributed by atoms with Crippen LogP contribution >= 0.6 is 15.9 Å². The van der Waals surface area contributed by atoms with Crippen molar-refractivity contribution in [1.82, 2.24) is 0 Å². The summed E-state index contributed by atoms with van der Waals surface area (Å²) in [7, 11) is 0. The molecule has 2 nitrogen and oxygen atoms in total. The summed E-state index contributed by atoms with van der Waals surface area (Å²) in [4.78, 5) is 11.1. The third-order valence-electron chi connectivity index (χ3n) is 2.94. The predicted molar refractivity (Wildman–Crippen MR) is 65.0 cm³/mol. The molecule has 0 heterocycles. The molecule has 1 aliphatic carbocycles. The minimum Gasteiger partial charge on any atom is -0.326 e. The van der Waals surface area contributed by atoms with E-state index in [4.69, 9.17) is 0 Å². The molecule has 2 rings (SSSR count). The van der Waals surface area contributed by atoms with Crippen molar-refractivity contribution < 1.29 is 4.79 Å². The molecular formula is C12H14BrNO. The minimum atomic E-state index is -0.0152. The number of anilines is 1. The lowest BCUT2D eigenvalue weighted by Crippen LogP contribution is -2.11. The minimum absolute atomic E-state index is 0.0152. The summed E-state index contributed by atoms with van der Waals surface area (Å²) >= 11 is 3.42. The first-order chi connectivity index (χ1) is 7.01. The molecule has 3 heteroatoms. The molecular weight excluding hydrogens is 254 g/mol. The monoisotopic (exact) mass is 267 g/mol. The standard InChI is InChI=1S/C12H14BrNO/c1-8(15)14-11-7-9(13)3-4-10(11)12(2)5-6-12/h3-4,7H,5-6H2,1-2H3,(H,14,15). The summed E-state index contributed by atoms with van der Waals surface area (Å²) in [6, 6.07) is 6.10. The van der Waals surface area contributed by atoms with E-state index in [0.29, 0.717) is 0 Å². The Hall–Kier alpha value is -0.830. The third kappa shape index (κ3) is 2.23. The summed E-state index contributed by atoms with van der Waals surface area (Å²) in [6.45, 7) is 3.78. The lowest BCUT2D eigenvalue weighted by molar-refractivity contribution is -0.114. The van der Waals surface area contributed by atoms with E-state index in [2.05, 4.69) is 34.2 Å². The maximum Gasteiger partial charge on any atom is 0.221 e. The van der Waals surface area contributed by atoms with Crippen LogP contribution in [0.5, 0.6) is 0 Å². The lowest BCUT2D eigenvalue weighted by Gasteiger charge is -2.15. The molecule has 1 aromatic carbocycles. The third-order valence-corrected chi connectivity index (χ3v) is 3.44. The Kier molecular flexibility index (Phi) is 2.59. The van der Waals surface area contributed by atoms with Gasteiger partial charge in [0.05, 0.1) is 0 Å². The van der Waals surface area contributed by atoms with Crippen molar-refractivity contribution in [2.24, 2.45) is 0 Å². The lowest BCUT2D eigenvalue weighted by atomic mass is 9.96. The first-order valence-corrected chi connectivity index (χ1v) is 5.88. The van der Waals surface area contributed by atoms with Gasteiger partial charge < -0.3 is 5.32 Å². The molecule has 0 saturated heterocycles. The molecule has 0 atom stereocenters. The molecule has 0 bridgehead atoms. The highest BCUT2D eigenvalue weighted by atomic mass is 79.9. The number of carbonyl (C=O) groups is 1. The van der Waals surface area contributed by atoms with Gasteiger partial charge >= 0.3 is 0 Å². The SMILES string of the molecule is CC(=O)Nc1cc(Br)ccc1C1(C)CC1. The van der Waals surface area contributed by atoms with Gasteiger partial charge in [0.2, 0.25) is 5.91 Å². The van der Waals surface area contributed by atoms with E-state index in [0.717, 1.165) is 10.2 Å².